The summed E-state index contributed by atoms with van der Waals surface area (Å²) < 4.78 is 14.4. The summed E-state index contributed by atoms with van der Waals surface area (Å²) in [7, 11) is 0. The summed E-state index contributed by atoms with van der Waals surface area (Å²) in [5.74, 6) is 0. The predicted octanol–water partition coefficient (Wildman–Crippen LogP) is 3.49. The number of rotatable bonds is 3. The van der Waals surface area contributed by atoms with Crippen LogP contribution in [0.5, 0.6) is 0 Å². The molecule has 2 atom stereocenters. The summed E-state index contributed by atoms with van der Waals surface area (Å²) in [4.78, 5) is 0. The van der Waals surface area contributed by atoms with Gasteiger partial charge in [-0.3, -0.25) is 0 Å². The third-order valence-electron chi connectivity index (χ3n) is 2.67. The first-order valence-electron chi connectivity index (χ1n) is 4.85. The summed E-state index contributed by atoms with van der Waals surface area (Å²) in [6.07, 6.45) is 2.07. The number of nitrogens with one attached hydrogen (secondary N) is 1. The van der Waals surface area contributed by atoms with Crippen LogP contribution in [-0.2, 0) is 6.54 Å². The number of alkyl halides is 1. The molecule has 1 nitrogen and oxygen atoms in total. The van der Waals surface area contributed by atoms with E-state index in [9.17, 15) is 4.39 Å². The summed E-state index contributed by atoms with van der Waals surface area (Å²) >= 11 is 5.14. The third kappa shape index (κ3) is 2.35. The molecule has 0 radical (unpaired) electrons. The van der Waals surface area contributed by atoms with Crippen molar-refractivity contribution >= 4 is 27.3 Å². The molecule has 4 heteroatoms. The second kappa shape index (κ2) is 4.73. The van der Waals surface area contributed by atoms with Gasteiger partial charge in [0.25, 0.3) is 0 Å². The maximum Gasteiger partial charge on any atom is 0.115 e. The Morgan fingerprint density at radius 2 is 2.36 bits per heavy atom. The summed E-state index contributed by atoms with van der Waals surface area (Å²) in [6, 6.07) is 0.0711. The van der Waals surface area contributed by atoms with E-state index in [1.54, 1.807) is 11.3 Å². The topological polar surface area (TPSA) is 12.0 Å². The Morgan fingerprint density at radius 3 is 2.93 bits per heavy atom. The molecule has 1 aromatic heterocycles. The van der Waals surface area contributed by atoms with E-state index in [0.29, 0.717) is 0 Å². The maximum absolute atomic E-state index is 13.2. The van der Waals surface area contributed by atoms with Crippen LogP contribution in [0.15, 0.2) is 15.2 Å². The molecule has 0 saturated heterocycles. The quantitative estimate of drug-likeness (QED) is 0.892. The van der Waals surface area contributed by atoms with Crippen LogP contribution < -0.4 is 5.32 Å². The van der Waals surface area contributed by atoms with Crippen molar-refractivity contribution in [1.29, 1.82) is 0 Å². The van der Waals surface area contributed by atoms with Crippen molar-refractivity contribution in [2.75, 3.05) is 0 Å². The largest absolute Gasteiger partial charge is 0.307 e. The Morgan fingerprint density at radius 1 is 1.50 bits per heavy atom. The van der Waals surface area contributed by atoms with Crippen molar-refractivity contribution in [3.05, 3.63) is 20.8 Å². The first-order chi connectivity index (χ1) is 6.77. The molecule has 1 heterocycles. The van der Waals surface area contributed by atoms with E-state index in [1.807, 2.05) is 0 Å². The third-order valence-corrected chi connectivity index (χ3v) is 4.51. The molecule has 0 aliphatic heterocycles. The molecular weight excluding hydrogens is 265 g/mol. The van der Waals surface area contributed by atoms with E-state index in [1.165, 1.54) is 5.56 Å². The molecular formula is C10H13BrFNS. The molecule has 0 aromatic carbocycles. The lowest BCUT2D eigenvalue weighted by atomic mass is 10.2. The first-order valence-corrected chi connectivity index (χ1v) is 6.59. The molecule has 1 aliphatic rings. The highest BCUT2D eigenvalue weighted by molar-refractivity contribution is 9.10. The molecule has 14 heavy (non-hydrogen) atoms. The lowest BCUT2D eigenvalue weighted by Gasteiger charge is -2.14. The normalized spacial score (nSPS) is 27.0. The van der Waals surface area contributed by atoms with Crippen LogP contribution in [0.3, 0.4) is 0 Å². The van der Waals surface area contributed by atoms with E-state index < -0.39 is 6.17 Å². The fraction of sp³-hybridized carbons (Fsp3) is 0.600. The molecule has 78 valence electrons. The van der Waals surface area contributed by atoms with Gasteiger partial charge in [-0.2, -0.15) is 11.3 Å². The van der Waals surface area contributed by atoms with Crippen LogP contribution in [-0.4, -0.2) is 12.2 Å². The van der Waals surface area contributed by atoms with Gasteiger partial charge in [0.2, 0.25) is 0 Å². The van der Waals surface area contributed by atoms with E-state index >= 15 is 0 Å². The molecule has 0 unspecified atom stereocenters. The highest BCUT2D eigenvalue weighted by Crippen LogP contribution is 2.24. The highest BCUT2D eigenvalue weighted by atomic mass is 79.9. The lowest BCUT2D eigenvalue weighted by Crippen LogP contribution is -2.32. The van der Waals surface area contributed by atoms with Gasteiger partial charge in [0.15, 0.2) is 0 Å². The SMILES string of the molecule is F[C@H]1CCC[C@H]1NCc1cscc1Br. The van der Waals surface area contributed by atoms with Crippen molar-refractivity contribution in [3.63, 3.8) is 0 Å². The zero-order chi connectivity index (χ0) is 9.97. The Balaban J connectivity index is 1.85. The fourth-order valence-electron chi connectivity index (χ4n) is 1.82. The summed E-state index contributed by atoms with van der Waals surface area (Å²) in [5.41, 5.74) is 1.23. The minimum absolute atomic E-state index is 0.0711. The van der Waals surface area contributed by atoms with Crippen LogP contribution >= 0.6 is 27.3 Å². The Labute approximate surface area is 95.8 Å². The average molecular weight is 278 g/mol. The maximum atomic E-state index is 13.2. The molecule has 1 saturated carbocycles. The standard InChI is InChI=1S/C10H13BrFNS/c11-8-6-14-5-7(8)4-13-10-3-1-2-9(10)12/h5-6,9-10,13H,1-4H2/t9-,10+/m0/s1. The Hall–Kier alpha value is 0.0700. The van der Waals surface area contributed by atoms with Crippen LogP contribution in [0.2, 0.25) is 0 Å². The summed E-state index contributed by atoms with van der Waals surface area (Å²) in [5, 5.41) is 7.43. The molecule has 0 spiro atoms. The van der Waals surface area contributed by atoms with Gasteiger partial charge in [-0.05, 0) is 46.1 Å². The van der Waals surface area contributed by atoms with Crippen molar-refractivity contribution in [2.24, 2.45) is 0 Å². The van der Waals surface area contributed by atoms with Crippen molar-refractivity contribution in [3.8, 4) is 0 Å². The van der Waals surface area contributed by atoms with E-state index in [0.717, 1.165) is 30.3 Å². The minimum atomic E-state index is -0.646. The fourth-order valence-corrected chi connectivity index (χ4v) is 3.26. The van der Waals surface area contributed by atoms with E-state index in [2.05, 4.69) is 32.0 Å². The molecule has 0 bridgehead atoms. The zero-order valence-corrected chi connectivity index (χ0v) is 10.2. The highest BCUT2D eigenvalue weighted by Gasteiger charge is 2.26. The van der Waals surface area contributed by atoms with Gasteiger partial charge in [-0.1, -0.05) is 0 Å². The Kier molecular flexibility index (Phi) is 3.57. The predicted molar refractivity (Wildman–Crippen MR) is 61.4 cm³/mol. The second-order valence-electron chi connectivity index (χ2n) is 3.68. The second-order valence-corrected chi connectivity index (χ2v) is 5.28. The van der Waals surface area contributed by atoms with Gasteiger partial charge >= 0.3 is 0 Å². The van der Waals surface area contributed by atoms with Gasteiger partial charge in [0.1, 0.15) is 6.17 Å². The molecule has 2 rings (SSSR count). The van der Waals surface area contributed by atoms with Gasteiger partial charge in [0, 0.05) is 22.4 Å². The van der Waals surface area contributed by atoms with E-state index in [-0.39, 0.29) is 6.04 Å². The minimum Gasteiger partial charge on any atom is -0.307 e. The number of thiophene rings is 1. The van der Waals surface area contributed by atoms with Gasteiger partial charge in [0.05, 0.1) is 0 Å². The van der Waals surface area contributed by atoms with Crippen LogP contribution in [0.4, 0.5) is 4.39 Å². The average Bonchev–Trinajstić information content (AvgIpc) is 2.72. The van der Waals surface area contributed by atoms with Crippen molar-refractivity contribution < 1.29 is 4.39 Å². The van der Waals surface area contributed by atoms with Gasteiger partial charge in [-0.25, -0.2) is 4.39 Å². The number of halogens is 2. The van der Waals surface area contributed by atoms with Gasteiger partial charge < -0.3 is 5.32 Å². The Bertz CT molecular complexity index is 302. The first kappa shape index (κ1) is 10.6. The van der Waals surface area contributed by atoms with Crippen molar-refractivity contribution in [2.45, 2.75) is 38.0 Å². The van der Waals surface area contributed by atoms with Gasteiger partial charge in [-0.15, -0.1) is 0 Å². The molecule has 1 aliphatic carbocycles. The zero-order valence-electron chi connectivity index (χ0n) is 7.80. The van der Waals surface area contributed by atoms with Crippen LogP contribution in [0.25, 0.3) is 0 Å². The summed E-state index contributed by atoms with van der Waals surface area (Å²) in [6.45, 7) is 0.773. The van der Waals surface area contributed by atoms with Crippen LogP contribution in [0.1, 0.15) is 24.8 Å². The molecule has 0 amide bonds. The lowest BCUT2D eigenvalue weighted by molar-refractivity contribution is 0.279. The molecule has 1 aromatic rings. The van der Waals surface area contributed by atoms with Crippen LogP contribution in [0, 0.1) is 0 Å². The van der Waals surface area contributed by atoms with Crippen molar-refractivity contribution in [1.82, 2.24) is 5.32 Å². The smallest absolute Gasteiger partial charge is 0.115 e. The number of hydrogen-bond donors (Lipinski definition) is 1. The molecule has 1 fully saturated rings. The monoisotopic (exact) mass is 277 g/mol. The molecule has 1 N–H and O–H groups in total. The van der Waals surface area contributed by atoms with E-state index in [4.69, 9.17) is 0 Å². The number of hydrogen-bond acceptors (Lipinski definition) is 2.